The van der Waals surface area contributed by atoms with Crippen molar-refractivity contribution in [3.05, 3.63) is 41.8 Å². The first-order valence-corrected chi connectivity index (χ1v) is 8.01. The molecule has 4 rings (SSSR count). The molecular formula is C17H20N4O2. The second-order valence-electron chi connectivity index (χ2n) is 6.47. The van der Waals surface area contributed by atoms with Gasteiger partial charge in [0.1, 0.15) is 0 Å². The molecule has 0 radical (unpaired) electrons. The molecule has 3 heterocycles. The van der Waals surface area contributed by atoms with Crippen LogP contribution in [0.2, 0.25) is 0 Å². The average molecular weight is 312 g/mol. The third kappa shape index (κ3) is 2.38. The lowest BCUT2D eigenvalue weighted by atomic mass is 9.89. The Labute approximate surface area is 135 Å². The van der Waals surface area contributed by atoms with Crippen LogP contribution in [0, 0.1) is 18.8 Å². The molecule has 2 aromatic rings. The quantitative estimate of drug-likeness (QED) is 0.849. The molecular weight excluding hydrogens is 292 g/mol. The van der Waals surface area contributed by atoms with Crippen LogP contribution in [0.3, 0.4) is 0 Å². The number of anilines is 1. The highest BCUT2D eigenvalue weighted by atomic mass is 16.5. The van der Waals surface area contributed by atoms with Crippen LogP contribution in [0.4, 0.5) is 5.95 Å². The summed E-state index contributed by atoms with van der Waals surface area (Å²) < 4.78 is 5.10. The van der Waals surface area contributed by atoms with Gasteiger partial charge in [0, 0.05) is 45.3 Å². The van der Waals surface area contributed by atoms with Crippen LogP contribution >= 0.6 is 0 Å². The number of carbonyl (C=O) groups excluding carboxylic acids is 1. The van der Waals surface area contributed by atoms with Gasteiger partial charge >= 0.3 is 0 Å². The molecule has 2 aliphatic rings. The van der Waals surface area contributed by atoms with E-state index in [9.17, 15) is 4.79 Å². The summed E-state index contributed by atoms with van der Waals surface area (Å²) in [5.74, 6) is 2.25. The van der Waals surface area contributed by atoms with Gasteiger partial charge in [-0.3, -0.25) is 4.79 Å². The van der Waals surface area contributed by atoms with E-state index in [-0.39, 0.29) is 11.9 Å². The Morgan fingerprint density at radius 3 is 2.65 bits per heavy atom. The Morgan fingerprint density at radius 2 is 2.00 bits per heavy atom. The number of fused-ring (bicyclic) bond motifs is 1. The SMILES string of the molecule is CC(=O)N1C[C@H]2CN(c3noc(C)n3)C[C@H]2[C@H]1c1ccccc1. The zero-order valence-corrected chi connectivity index (χ0v) is 13.3. The summed E-state index contributed by atoms with van der Waals surface area (Å²) in [4.78, 5) is 20.6. The Bertz CT molecular complexity index is 714. The van der Waals surface area contributed by atoms with E-state index < -0.39 is 0 Å². The van der Waals surface area contributed by atoms with E-state index in [4.69, 9.17) is 4.52 Å². The molecule has 2 saturated heterocycles. The zero-order valence-electron chi connectivity index (χ0n) is 13.3. The largest absolute Gasteiger partial charge is 0.338 e. The Balaban J connectivity index is 1.63. The maximum absolute atomic E-state index is 12.1. The Morgan fingerprint density at radius 1 is 1.22 bits per heavy atom. The van der Waals surface area contributed by atoms with E-state index in [1.807, 2.05) is 23.1 Å². The summed E-state index contributed by atoms with van der Waals surface area (Å²) in [6.07, 6.45) is 0. The van der Waals surface area contributed by atoms with Crippen molar-refractivity contribution in [3.63, 3.8) is 0 Å². The lowest BCUT2D eigenvalue weighted by Crippen LogP contribution is -2.34. The molecule has 120 valence electrons. The van der Waals surface area contributed by atoms with Crippen molar-refractivity contribution in [1.82, 2.24) is 15.0 Å². The summed E-state index contributed by atoms with van der Waals surface area (Å²) in [5.41, 5.74) is 1.21. The van der Waals surface area contributed by atoms with Crippen molar-refractivity contribution in [2.24, 2.45) is 11.8 Å². The van der Waals surface area contributed by atoms with Gasteiger partial charge in [0.05, 0.1) is 6.04 Å². The van der Waals surface area contributed by atoms with Gasteiger partial charge in [0.2, 0.25) is 11.8 Å². The third-order valence-corrected chi connectivity index (χ3v) is 5.01. The molecule has 0 spiro atoms. The second kappa shape index (κ2) is 5.37. The molecule has 6 nitrogen and oxygen atoms in total. The number of carbonyl (C=O) groups is 1. The van der Waals surface area contributed by atoms with Crippen LogP contribution in [-0.2, 0) is 4.79 Å². The minimum atomic E-state index is 0.136. The predicted octanol–water partition coefficient (Wildman–Crippen LogP) is 2.03. The van der Waals surface area contributed by atoms with Gasteiger partial charge in [0.25, 0.3) is 5.95 Å². The highest BCUT2D eigenvalue weighted by molar-refractivity contribution is 5.74. The molecule has 0 aliphatic carbocycles. The molecule has 0 unspecified atom stereocenters. The Kier molecular flexibility index (Phi) is 3.32. The molecule has 23 heavy (non-hydrogen) atoms. The number of benzene rings is 1. The number of rotatable bonds is 2. The smallest absolute Gasteiger partial charge is 0.266 e. The van der Waals surface area contributed by atoms with E-state index in [1.165, 1.54) is 5.56 Å². The summed E-state index contributed by atoms with van der Waals surface area (Å²) in [5, 5.41) is 4.04. The first-order chi connectivity index (χ1) is 11.1. The number of aromatic nitrogens is 2. The molecule has 0 saturated carbocycles. The minimum Gasteiger partial charge on any atom is -0.338 e. The molecule has 1 aromatic carbocycles. The normalized spacial score (nSPS) is 26.6. The van der Waals surface area contributed by atoms with Gasteiger partial charge in [-0.15, -0.1) is 0 Å². The Hall–Kier alpha value is -2.37. The van der Waals surface area contributed by atoms with E-state index in [0.717, 1.165) is 19.6 Å². The standard InChI is InChI=1S/C17H20N4O2/c1-11-18-17(19-23-11)20-8-14-9-21(12(2)22)16(15(14)10-20)13-6-4-3-5-7-13/h3-7,14-16H,8-10H2,1-2H3/t14-,15-,16-/m1/s1. The molecule has 0 N–H and O–H groups in total. The van der Waals surface area contributed by atoms with Crippen LogP contribution in [-0.4, -0.2) is 40.6 Å². The van der Waals surface area contributed by atoms with Gasteiger partial charge in [0.15, 0.2) is 0 Å². The first kappa shape index (κ1) is 14.2. The highest BCUT2D eigenvalue weighted by Crippen LogP contribution is 2.45. The molecule has 6 heteroatoms. The summed E-state index contributed by atoms with van der Waals surface area (Å²) in [7, 11) is 0. The van der Waals surface area contributed by atoms with Crippen LogP contribution < -0.4 is 4.90 Å². The average Bonchev–Trinajstić information content (AvgIpc) is 3.20. The monoisotopic (exact) mass is 312 g/mol. The summed E-state index contributed by atoms with van der Waals surface area (Å²) >= 11 is 0. The second-order valence-corrected chi connectivity index (χ2v) is 6.47. The van der Waals surface area contributed by atoms with Crippen molar-refractivity contribution in [3.8, 4) is 0 Å². The van der Waals surface area contributed by atoms with Crippen LogP contribution in [0.5, 0.6) is 0 Å². The van der Waals surface area contributed by atoms with Crippen LogP contribution in [0.1, 0.15) is 24.4 Å². The number of hydrogen-bond acceptors (Lipinski definition) is 5. The van der Waals surface area contributed by atoms with Crippen LogP contribution in [0.25, 0.3) is 0 Å². The molecule has 1 aromatic heterocycles. The molecule has 1 amide bonds. The zero-order chi connectivity index (χ0) is 16.0. The minimum absolute atomic E-state index is 0.136. The topological polar surface area (TPSA) is 62.5 Å². The summed E-state index contributed by atoms with van der Waals surface area (Å²) in [6.45, 7) is 5.99. The molecule has 3 atom stereocenters. The lowest BCUT2D eigenvalue weighted by molar-refractivity contribution is -0.130. The van der Waals surface area contributed by atoms with Crippen molar-refractivity contribution in [2.75, 3.05) is 24.5 Å². The number of nitrogens with zero attached hydrogens (tertiary/aromatic N) is 4. The fraction of sp³-hybridized carbons (Fsp3) is 0.471. The molecule has 0 bridgehead atoms. The highest BCUT2D eigenvalue weighted by Gasteiger charge is 2.49. The summed E-state index contributed by atoms with van der Waals surface area (Å²) in [6, 6.07) is 10.5. The predicted molar refractivity (Wildman–Crippen MR) is 84.8 cm³/mol. The van der Waals surface area contributed by atoms with Crippen molar-refractivity contribution >= 4 is 11.9 Å². The van der Waals surface area contributed by atoms with Gasteiger partial charge < -0.3 is 14.3 Å². The first-order valence-electron chi connectivity index (χ1n) is 8.01. The van der Waals surface area contributed by atoms with Crippen molar-refractivity contribution in [1.29, 1.82) is 0 Å². The van der Waals surface area contributed by atoms with Crippen molar-refractivity contribution in [2.45, 2.75) is 19.9 Å². The molecule has 2 aliphatic heterocycles. The van der Waals surface area contributed by atoms with E-state index in [2.05, 4.69) is 27.2 Å². The van der Waals surface area contributed by atoms with Gasteiger partial charge in [-0.05, 0) is 10.7 Å². The van der Waals surface area contributed by atoms with Gasteiger partial charge in [-0.2, -0.15) is 4.98 Å². The van der Waals surface area contributed by atoms with E-state index >= 15 is 0 Å². The van der Waals surface area contributed by atoms with Gasteiger partial charge in [-0.25, -0.2) is 0 Å². The van der Waals surface area contributed by atoms with Crippen LogP contribution in [0.15, 0.2) is 34.9 Å². The van der Waals surface area contributed by atoms with E-state index in [0.29, 0.717) is 23.7 Å². The number of aryl methyl sites for hydroxylation is 1. The van der Waals surface area contributed by atoms with Gasteiger partial charge in [-0.1, -0.05) is 30.3 Å². The van der Waals surface area contributed by atoms with E-state index in [1.54, 1.807) is 13.8 Å². The maximum Gasteiger partial charge on any atom is 0.266 e. The molecule has 2 fully saturated rings. The van der Waals surface area contributed by atoms with Crippen molar-refractivity contribution < 1.29 is 9.32 Å². The number of likely N-dealkylation sites (tertiary alicyclic amines) is 1. The fourth-order valence-electron chi connectivity index (χ4n) is 4.03. The lowest BCUT2D eigenvalue weighted by Gasteiger charge is -2.28. The number of hydrogen-bond donors (Lipinski definition) is 0. The third-order valence-electron chi connectivity index (χ3n) is 5.01. The maximum atomic E-state index is 12.1. The number of amides is 1. The fourth-order valence-corrected chi connectivity index (χ4v) is 4.03.